The summed E-state index contributed by atoms with van der Waals surface area (Å²) in [5.41, 5.74) is 8.14. The standard InChI is InChI=1S/C19H15.C10H15.Ti/c1-4-10-16(11-5-1)19(17-12-6-2-7-13-17)18-14-8-3-9-15-18;1-7-6-10(4,5)9(3)8(7)2;/h1-15H;1-5H3;/q2*-1;+2. The Kier molecular flexibility index (Phi) is 8.53. The molecule has 0 aromatic heterocycles. The van der Waals surface area contributed by atoms with E-state index < -0.39 is 0 Å². The maximum Gasteiger partial charge on any atom is 2.00 e. The first-order chi connectivity index (χ1) is 13.9. The fourth-order valence-electron chi connectivity index (χ4n) is 3.72. The van der Waals surface area contributed by atoms with E-state index in [1.165, 1.54) is 39.3 Å². The molecule has 0 unspecified atom stereocenters. The Morgan fingerprint density at radius 3 is 1.13 bits per heavy atom. The predicted octanol–water partition coefficient (Wildman–Crippen LogP) is 7.82. The molecule has 0 spiro atoms. The summed E-state index contributed by atoms with van der Waals surface area (Å²) in [7, 11) is 0. The van der Waals surface area contributed by atoms with Crippen molar-refractivity contribution in [1.29, 1.82) is 0 Å². The van der Waals surface area contributed by atoms with Gasteiger partial charge in [-0.25, -0.2) is 5.57 Å². The van der Waals surface area contributed by atoms with Gasteiger partial charge in [0.2, 0.25) is 0 Å². The van der Waals surface area contributed by atoms with E-state index in [1.807, 2.05) is 0 Å². The summed E-state index contributed by atoms with van der Waals surface area (Å²) in [6, 6.07) is 31.6. The third-order valence-corrected chi connectivity index (χ3v) is 5.75. The van der Waals surface area contributed by atoms with Gasteiger partial charge in [0.05, 0.1) is 0 Å². The number of benzene rings is 3. The average Bonchev–Trinajstić information content (AvgIpc) is 2.92. The van der Waals surface area contributed by atoms with Gasteiger partial charge < -0.3 is 0 Å². The first-order valence-corrected chi connectivity index (χ1v) is 10.2. The first kappa shape index (κ1) is 24.0. The zero-order valence-electron chi connectivity index (χ0n) is 18.7. The van der Waals surface area contributed by atoms with Gasteiger partial charge in [0, 0.05) is 0 Å². The molecule has 0 saturated heterocycles. The smallest absolute Gasteiger partial charge is 0.263 e. The molecule has 0 saturated carbocycles. The number of rotatable bonds is 3. The summed E-state index contributed by atoms with van der Waals surface area (Å²) < 4.78 is 0. The molecule has 0 N–H and O–H groups in total. The molecule has 0 radical (unpaired) electrons. The second-order valence-electron chi connectivity index (χ2n) is 8.10. The van der Waals surface area contributed by atoms with E-state index in [4.69, 9.17) is 0 Å². The minimum atomic E-state index is 0. The topological polar surface area (TPSA) is 0 Å². The van der Waals surface area contributed by atoms with Crippen LogP contribution in [0.2, 0.25) is 0 Å². The SMILES string of the molecule is CC1=[C-]C(C)(C)C(C)=C1C.[Ti+2].c1ccc([C-](c2ccccc2)c2ccccc2)cc1. The van der Waals surface area contributed by atoms with Crippen LogP contribution >= 0.6 is 0 Å². The Balaban J connectivity index is 0.000000249. The summed E-state index contributed by atoms with van der Waals surface area (Å²) in [5.74, 6) is 1.28. The summed E-state index contributed by atoms with van der Waals surface area (Å²) in [4.78, 5) is 0. The van der Waals surface area contributed by atoms with Gasteiger partial charge in [0.15, 0.2) is 0 Å². The number of hydrogen-bond donors (Lipinski definition) is 0. The van der Waals surface area contributed by atoms with E-state index in [0.717, 1.165) is 0 Å². The van der Waals surface area contributed by atoms with Crippen molar-refractivity contribution in [2.24, 2.45) is 5.41 Å². The molecule has 1 aliphatic carbocycles. The molecule has 0 heterocycles. The van der Waals surface area contributed by atoms with Gasteiger partial charge in [-0.15, -0.1) is 6.92 Å². The maximum absolute atomic E-state index is 3.44. The van der Waals surface area contributed by atoms with Crippen LogP contribution in [0.25, 0.3) is 0 Å². The average molecular weight is 426 g/mol. The minimum Gasteiger partial charge on any atom is -0.263 e. The van der Waals surface area contributed by atoms with E-state index in [1.54, 1.807) is 0 Å². The molecule has 1 heteroatoms. The van der Waals surface area contributed by atoms with E-state index in [2.05, 4.69) is 132 Å². The quantitative estimate of drug-likeness (QED) is 0.228. The van der Waals surface area contributed by atoms with Crippen molar-refractivity contribution in [2.75, 3.05) is 0 Å². The van der Waals surface area contributed by atoms with Crippen molar-refractivity contribution in [3.8, 4) is 0 Å². The number of allylic oxidation sites excluding steroid dienone is 4. The monoisotopic (exact) mass is 426 g/mol. The van der Waals surface area contributed by atoms with E-state index >= 15 is 0 Å². The Morgan fingerprint density at radius 1 is 0.600 bits per heavy atom. The predicted molar refractivity (Wildman–Crippen MR) is 124 cm³/mol. The van der Waals surface area contributed by atoms with Gasteiger partial charge in [0.1, 0.15) is 0 Å². The maximum atomic E-state index is 3.44. The van der Waals surface area contributed by atoms with Crippen LogP contribution in [0.15, 0.2) is 108 Å². The Hall–Kier alpha value is -2.28. The van der Waals surface area contributed by atoms with Crippen LogP contribution in [0.3, 0.4) is 0 Å². The zero-order valence-corrected chi connectivity index (χ0v) is 20.2. The Morgan fingerprint density at radius 2 is 0.933 bits per heavy atom. The molecule has 0 nitrogen and oxygen atoms in total. The van der Waals surface area contributed by atoms with Gasteiger partial charge in [-0.3, -0.25) is 6.08 Å². The molecule has 3 aromatic rings. The summed E-state index contributed by atoms with van der Waals surface area (Å²) in [6.07, 6.45) is 3.44. The van der Waals surface area contributed by atoms with Gasteiger partial charge in [-0.1, -0.05) is 147 Å². The molecule has 0 aliphatic heterocycles. The zero-order chi connectivity index (χ0) is 20.9. The first-order valence-electron chi connectivity index (χ1n) is 10.2. The van der Waals surface area contributed by atoms with Crippen LogP contribution in [0, 0.1) is 17.4 Å². The number of hydrogen-bond acceptors (Lipinski definition) is 0. The van der Waals surface area contributed by atoms with Gasteiger partial charge >= 0.3 is 21.7 Å². The summed E-state index contributed by atoms with van der Waals surface area (Å²) in [5, 5.41) is 0. The Labute approximate surface area is 197 Å². The van der Waals surface area contributed by atoms with Gasteiger partial charge in [-0.05, 0) is 0 Å². The van der Waals surface area contributed by atoms with Crippen LogP contribution in [0.1, 0.15) is 51.3 Å². The molecule has 0 fully saturated rings. The van der Waals surface area contributed by atoms with Gasteiger partial charge in [0.25, 0.3) is 0 Å². The molecule has 0 amide bonds. The molecule has 0 atom stereocenters. The third kappa shape index (κ3) is 5.66. The molecular weight excluding hydrogens is 396 g/mol. The molecule has 3 aromatic carbocycles. The molecule has 150 valence electrons. The van der Waals surface area contributed by atoms with Crippen LogP contribution < -0.4 is 0 Å². The van der Waals surface area contributed by atoms with Crippen molar-refractivity contribution < 1.29 is 21.7 Å². The normalized spacial score (nSPS) is 14.2. The largest absolute Gasteiger partial charge is 2.00 e. The van der Waals surface area contributed by atoms with Crippen molar-refractivity contribution in [3.05, 3.63) is 136 Å². The van der Waals surface area contributed by atoms with E-state index in [-0.39, 0.29) is 27.1 Å². The summed E-state index contributed by atoms with van der Waals surface area (Å²) in [6.45, 7) is 10.9. The van der Waals surface area contributed by atoms with Crippen LogP contribution in [0.5, 0.6) is 0 Å². The van der Waals surface area contributed by atoms with Gasteiger partial charge in [-0.2, -0.15) is 11.1 Å². The second kappa shape index (κ2) is 10.7. The van der Waals surface area contributed by atoms with Crippen LogP contribution in [0.4, 0.5) is 0 Å². The molecule has 1 aliphatic rings. The molecule has 0 bridgehead atoms. The fourth-order valence-corrected chi connectivity index (χ4v) is 3.72. The van der Waals surface area contributed by atoms with Crippen molar-refractivity contribution >= 4 is 0 Å². The van der Waals surface area contributed by atoms with Crippen LogP contribution in [-0.2, 0) is 21.7 Å². The fraction of sp³-hybridized carbons (Fsp3) is 0.207. The molecule has 4 rings (SSSR count). The van der Waals surface area contributed by atoms with Crippen molar-refractivity contribution in [2.45, 2.75) is 34.6 Å². The van der Waals surface area contributed by atoms with Crippen LogP contribution in [-0.4, -0.2) is 0 Å². The van der Waals surface area contributed by atoms with E-state index in [0.29, 0.717) is 0 Å². The Bertz CT molecular complexity index is 886. The second-order valence-corrected chi connectivity index (χ2v) is 8.10. The van der Waals surface area contributed by atoms with Crippen molar-refractivity contribution in [3.63, 3.8) is 0 Å². The minimum absolute atomic E-state index is 0. The molecular formula is C29H30Ti. The summed E-state index contributed by atoms with van der Waals surface area (Å²) >= 11 is 0. The third-order valence-electron chi connectivity index (χ3n) is 5.75. The van der Waals surface area contributed by atoms with E-state index in [9.17, 15) is 0 Å². The van der Waals surface area contributed by atoms with Crippen molar-refractivity contribution in [1.82, 2.24) is 0 Å². The molecule has 30 heavy (non-hydrogen) atoms.